The summed E-state index contributed by atoms with van der Waals surface area (Å²) in [6.07, 6.45) is 4.09. The number of aromatic carboxylic acids is 1. The molecule has 0 aromatic heterocycles. The number of hydrogen-bond donors (Lipinski definition) is 2. The highest BCUT2D eigenvalue weighted by Crippen LogP contribution is 2.21. The third-order valence-electron chi connectivity index (χ3n) is 3.27. The van der Waals surface area contributed by atoms with Crippen molar-refractivity contribution >= 4 is 11.9 Å². The molecule has 6 heteroatoms. The molecule has 20 heavy (non-hydrogen) atoms. The van der Waals surface area contributed by atoms with E-state index in [1.165, 1.54) is 12.1 Å². The van der Waals surface area contributed by atoms with E-state index >= 15 is 0 Å². The Morgan fingerprint density at radius 2 is 2.05 bits per heavy atom. The van der Waals surface area contributed by atoms with Gasteiger partial charge in [0, 0.05) is 6.04 Å². The van der Waals surface area contributed by atoms with Crippen LogP contribution in [0, 0.1) is 5.82 Å². The van der Waals surface area contributed by atoms with Crippen molar-refractivity contribution in [2.75, 3.05) is 6.61 Å². The molecule has 0 spiro atoms. The van der Waals surface area contributed by atoms with Crippen LogP contribution >= 0.6 is 0 Å². The standard InChI is InChI=1S/C14H16FNO4/c15-10-6-3-7-11(13(10)14(18)19)20-8-12(17)16-9-4-1-2-5-9/h3,6-7,9H,1-2,4-5,8H2,(H,16,17)(H,18,19). The average Bonchev–Trinajstić information content (AvgIpc) is 2.88. The molecule has 0 bridgehead atoms. The van der Waals surface area contributed by atoms with Gasteiger partial charge in [0.1, 0.15) is 17.1 Å². The van der Waals surface area contributed by atoms with Gasteiger partial charge in [-0.1, -0.05) is 18.9 Å². The number of rotatable bonds is 5. The van der Waals surface area contributed by atoms with Crippen molar-refractivity contribution < 1.29 is 23.8 Å². The van der Waals surface area contributed by atoms with Crippen LogP contribution in [0.5, 0.6) is 5.75 Å². The number of nitrogens with one attached hydrogen (secondary N) is 1. The molecule has 108 valence electrons. The highest BCUT2D eigenvalue weighted by atomic mass is 19.1. The minimum Gasteiger partial charge on any atom is -0.483 e. The van der Waals surface area contributed by atoms with Crippen molar-refractivity contribution in [1.29, 1.82) is 0 Å². The van der Waals surface area contributed by atoms with Gasteiger partial charge in [0.05, 0.1) is 0 Å². The van der Waals surface area contributed by atoms with E-state index in [1.807, 2.05) is 0 Å². The van der Waals surface area contributed by atoms with E-state index in [4.69, 9.17) is 9.84 Å². The fraction of sp³-hybridized carbons (Fsp3) is 0.429. The van der Waals surface area contributed by atoms with Gasteiger partial charge in [-0.25, -0.2) is 9.18 Å². The topological polar surface area (TPSA) is 75.6 Å². The summed E-state index contributed by atoms with van der Waals surface area (Å²) in [6, 6.07) is 3.87. The number of halogens is 1. The van der Waals surface area contributed by atoms with Gasteiger partial charge in [0.25, 0.3) is 5.91 Å². The summed E-state index contributed by atoms with van der Waals surface area (Å²) in [4.78, 5) is 22.6. The molecule has 1 saturated carbocycles. The van der Waals surface area contributed by atoms with Crippen molar-refractivity contribution in [3.8, 4) is 5.75 Å². The van der Waals surface area contributed by atoms with Crippen molar-refractivity contribution in [2.45, 2.75) is 31.7 Å². The highest BCUT2D eigenvalue weighted by molar-refractivity contribution is 5.91. The molecule has 1 amide bonds. The summed E-state index contributed by atoms with van der Waals surface area (Å²) in [6.45, 7) is -0.319. The predicted octanol–water partition coefficient (Wildman–Crippen LogP) is 1.96. The van der Waals surface area contributed by atoms with Crippen LogP contribution in [-0.4, -0.2) is 29.6 Å². The first kappa shape index (κ1) is 14.3. The lowest BCUT2D eigenvalue weighted by Gasteiger charge is -2.13. The van der Waals surface area contributed by atoms with Gasteiger partial charge in [-0.05, 0) is 25.0 Å². The molecule has 0 saturated heterocycles. The second-order valence-corrected chi connectivity index (χ2v) is 4.76. The van der Waals surface area contributed by atoms with Crippen LogP contribution in [-0.2, 0) is 4.79 Å². The fourth-order valence-electron chi connectivity index (χ4n) is 2.31. The van der Waals surface area contributed by atoms with Crippen molar-refractivity contribution in [3.05, 3.63) is 29.6 Å². The Morgan fingerprint density at radius 3 is 2.70 bits per heavy atom. The summed E-state index contributed by atoms with van der Waals surface area (Å²) in [5.74, 6) is -2.77. The normalized spacial score (nSPS) is 15.1. The predicted molar refractivity (Wildman–Crippen MR) is 69.3 cm³/mol. The minimum absolute atomic E-state index is 0.140. The molecule has 1 aromatic carbocycles. The lowest BCUT2D eigenvalue weighted by molar-refractivity contribution is -0.123. The molecule has 1 aromatic rings. The smallest absolute Gasteiger partial charge is 0.342 e. The molecule has 2 rings (SSSR count). The first-order valence-corrected chi connectivity index (χ1v) is 6.52. The summed E-state index contributed by atoms with van der Waals surface area (Å²) in [7, 11) is 0. The van der Waals surface area contributed by atoms with Crippen molar-refractivity contribution in [2.24, 2.45) is 0 Å². The highest BCUT2D eigenvalue weighted by Gasteiger charge is 2.20. The van der Waals surface area contributed by atoms with E-state index in [2.05, 4.69) is 5.32 Å². The van der Waals surface area contributed by atoms with E-state index in [0.29, 0.717) is 0 Å². The average molecular weight is 281 g/mol. The van der Waals surface area contributed by atoms with E-state index in [1.54, 1.807) is 0 Å². The molecule has 2 N–H and O–H groups in total. The van der Waals surface area contributed by atoms with Crippen LogP contribution in [0.25, 0.3) is 0 Å². The maximum Gasteiger partial charge on any atom is 0.342 e. The van der Waals surface area contributed by atoms with Gasteiger partial charge in [0.15, 0.2) is 6.61 Å². The molecule has 0 heterocycles. The Labute approximate surface area is 115 Å². The van der Waals surface area contributed by atoms with Crippen LogP contribution in [0.1, 0.15) is 36.0 Å². The third kappa shape index (κ3) is 3.46. The number of amides is 1. The van der Waals surface area contributed by atoms with Gasteiger partial charge in [-0.3, -0.25) is 4.79 Å². The lowest BCUT2D eigenvalue weighted by Crippen LogP contribution is -2.36. The molecule has 1 aliphatic carbocycles. The Balaban J connectivity index is 1.95. The van der Waals surface area contributed by atoms with E-state index in [9.17, 15) is 14.0 Å². The molecule has 0 aliphatic heterocycles. The summed E-state index contributed by atoms with van der Waals surface area (Å²) in [5, 5.41) is 11.7. The maximum absolute atomic E-state index is 13.4. The van der Waals surface area contributed by atoms with Crippen LogP contribution in [0.3, 0.4) is 0 Å². The SMILES string of the molecule is O=C(COc1cccc(F)c1C(=O)O)NC1CCCC1. The van der Waals surface area contributed by atoms with Gasteiger partial charge in [0.2, 0.25) is 0 Å². The van der Waals surface area contributed by atoms with E-state index < -0.39 is 17.3 Å². The monoisotopic (exact) mass is 281 g/mol. The molecule has 0 radical (unpaired) electrons. The quantitative estimate of drug-likeness (QED) is 0.865. The Morgan fingerprint density at radius 1 is 1.35 bits per heavy atom. The Bertz CT molecular complexity index is 512. The number of carboxylic acids is 1. The van der Waals surface area contributed by atoms with Crippen LogP contribution in [0.2, 0.25) is 0 Å². The lowest BCUT2D eigenvalue weighted by atomic mass is 10.2. The third-order valence-corrected chi connectivity index (χ3v) is 3.27. The number of carbonyl (C=O) groups excluding carboxylic acids is 1. The molecule has 1 fully saturated rings. The zero-order valence-electron chi connectivity index (χ0n) is 10.9. The number of ether oxygens (including phenoxy) is 1. The number of hydrogen-bond acceptors (Lipinski definition) is 3. The number of carbonyl (C=O) groups is 2. The summed E-state index contributed by atoms with van der Waals surface area (Å²) < 4.78 is 18.5. The molecule has 0 unspecified atom stereocenters. The number of benzene rings is 1. The zero-order chi connectivity index (χ0) is 14.5. The van der Waals surface area contributed by atoms with Crippen molar-refractivity contribution in [1.82, 2.24) is 5.32 Å². The Hall–Kier alpha value is -2.11. The molecule has 1 aliphatic rings. The summed E-state index contributed by atoms with van der Waals surface area (Å²) in [5.41, 5.74) is -0.554. The Kier molecular flexibility index (Phi) is 4.55. The number of carboxylic acid groups (broad SMARTS) is 1. The second kappa shape index (κ2) is 6.36. The van der Waals surface area contributed by atoms with Crippen LogP contribution < -0.4 is 10.1 Å². The summed E-state index contributed by atoms with van der Waals surface area (Å²) >= 11 is 0. The van der Waals surface area contributed by atoms with E-state index in [-0.39, 0.29) is 24.3 Å². The molecule has 5 nitrogen and oxygen atoms in total. The molecular weight excluding hydrogens is 265 g/mol. The van der Waals surface area contributed by atoms with Gasteiger partial charge in [-0.2, -0.15) is 0 Å². The largest absolute Gasteiger partial charge is 0.483 e. The van der Waals surface area contributed by atoms with Crippen LogP contribution in [0.15, 0.2) is 18.2 Å². The zero-order valence-corrected chi connectivity index (χ0v) is 10.9. The van der Waals surface area contributed by atoms with Crippen LogP contribution in [0.4, 0.5) is 4.39 Å². The maximum atomic E-state index is 13.4. The molecule has 0 atom stereocenters. The molecular formula is C14H16FNO4. The second-order valence-electron chi connectivity index (χ2n) is 4.76. The first-order chi connectivity index (χ1) is 9.58. The van der Waals surface area contributed by atoms with E-state index in [0.717, 1.165) is 31.7 Å². The first-order valence-electron chi connectivity index (χ1n) is 6.52. The van der Waals surface area contributed by atoms with Gasteiger partial charge < -0.3 is 15.2 Å². The minimum atomic E-state index is -1.42. The van der Waals surface area contributed by atoms with Gasteiger partial charge >= 0.3 is 5.97 Å². The van der Waals surface area contributed by atoms with Crippen molar-refractivity contribution in [3.63, 3.8) is 0 Å². The van der Waals surface area contributed by atoms with Gasteiger partial charge in [-0.15, -0.1) is 0 Å². The fourth-order valence-corrected chi connectivity index (χ4v) is 2.31.